The van der Waals surface area contributed by atoms with E-state index in [0.29, 0.717) is 0 Å². The summed E-state index contributed by atoms with van der Waals surface area (Å²) < 4.78 is 0. The summed E-state index contributed by atoms with van der Waals surface area (Å²) in [5.74, 6) is 0. The summed E-state index contributed by atoms with van der Waals surface area (Å²) in [7, 11) is -4.05. The molecule has 0 fully saturated rings. The van der Waals surface area contributed by atoms with Crippen molar-refractivity contribution in [3.05, 3.63) is 36.4 Å². The van der Waals surface area contributed by atoms with Gasteiger partial charge >= 0.3 is 0 Å². The first-order chi connectivity index (χ1) is 10.4. The quantitative estimate of drug-likeness (QED) is 0.723. The van der Waals surface area contributed by atoms with E-state index in [1.165, 1.54) is 0 Å². The lowest BCUT2D eigenvalue weighted by Crippen LogP contribution is -2.50. The summed E-state index contributed by atoms with van der Waals surface area (Å²) in [5, 5.41) is 6.46. The Balaban J connectivity index is 2.28. The summed E-state index contributed by atoms with van der Waals surface area (Å²) in [4.78, 5) is 0. The van der Waals surface area contributed by atoms with Crippen LogP contribution in [0, 0.1) is 0 Å². The SMILES string of the molecule is C[Si](C)(C)c1ccc2c(c1)-c1cc([Si](C)(C)C)ccc1[Si]2(C)C. The minimum absolute atomic E-state index is 1.27. The largest absolute Gasteiger partial charge is 0.113 e. The van der Waals surface area contributed by atoms with Gasteiger partial charge < -0.3 is 0 Å². The van der Waals surface area contributed by atoms with Crippen LogP contribution >= 0.6 is 0 Å². The van der Waals surface area contributed by atoms with E-state index < -0.39 is 24.2 Å². The van der Waals surface area contributed by atoms with E-state index in [1.807, 2.05) is 0 Å². The molecule has 2 aromatic carbocycles. The number of fused-ring (bicyclic) bond motifs is 3. The lowest BCUT2D eigenvalue weighted by molar-refractivity contribution is 1.67. The summed E-state index contributed by atoms with van der Waals surface area (Å²) in [6.45, 7) is 19.7. The van der Waals surface area contributed by atoms with Gasteiger partial charge in [0.25, 0.3) is 0 Å². The first-order valence-electron chi connectivity index (χ1n) is 8.73. The van der Waals surface area contributed by atoms with Crippen LogP contribution in [-0.2, 0) is 0 Å². The van der Waals surface area contributed by atoms with Crippen LogP contribution in [0.4, 0.5) is 0 Å². The average Bonchev–Trinajstić information content (AvgIpc) is 2.65. The van der Waals surface area contributed by atoms with Crippen molar-refractivity contribution in [3.8, 4) is 11.1 Å². The molecule has 0 saturated heterocycles. The topological polar surface area (TPSA) is 0 Å². The van der Waals surface area contributed by atoms with E-state index in [0.717, 1.165) is 0 Å². The highest BCUT2D eigenvalue weighted by Crippen LogP contribution is 2.28. The van der Waals surface area contributed by atoms with Crippen molar-refractivity contribution in [2.75, 3.05) is 0 Å². The van der Waals surface area contributed by atoms with Crippen LogP contribution in [0.1, 0.15) is 0 Å². The highest BCUT2D eigenvalue weighted by molar-refractivity contribution is 7.04. The molecular formula is C20H30Si3. The fourth-order valence-corrected chi connectivity index (χ4v) is 9.07. The van der Waals surface area contributed by atoms with Gasteiger partial charge in [0.2, 0.25) is 0 Å². The molecule has 122 valence electrons. The molecule has 0 radical (unpaired) electrons. The zero-order valence-corrected chi connectivity index (χ0v) is 19.0. The molecule has 0 atom stereocenters. The summed E-state index contributed by atoms with van der Waals surface area (Å²) >= 11 is 0. The summed E-state index contributed by atoms with van der Waals surface area (Å²) in [5.41, 5.74) is 3.10. The molecule has 23 heavy (non-hydrogen) atoms. The normalized spacial score (nSPS) is 16.2. The van der Waals surface area contributed by atoms with Crippen molar-refractivity contribution in [1.82, 2.24) is 0 Å². The minimum atomic E-state index is -1.51. The molecule has 2 aromatic rings. The third kappa shape index (κ3) is 2.73. The fraction of sp³-hybridized carbons (Fsp3) is 0.400. The third-order valence-corrected chi connectivity index (χ3v) is 13.1. The van der Waals surface area contributed by atoms with Crippen LogP contribution in [0.15, 0.2) is 36.4 Å². The van der Waals surface area contributed by atoms with Gasteiger partial charge in [-0.2, -0.15) is 0 Å². The predicted molar refractivity (Wildman–Crippen MR) is 115 cm³/mol. The number of hydrogen-bond donors (Lipinski definition) is 0. The Kier molecular flexibility index (Phi) is 3.71. The Morgan fingerprint density at radius 2 is 0.957 bits per heavy atom. The van der Waals surface area contributed by atoms with Crippen LogP contribution in [0.2, 0.25) is 52.4 Å². The molecule has 1 aliphatic rings. The Morgan fingerprint density at radius 3 is 1.26 bits per heavy atom. The molecule has 1 aliphatic heterocycles. The maximum atomic E-state index is 2.54. The Labute approximate surface area is 145 Å². The van der Waals surface area contributed by atoms with Crippen molar-refractivity contribution in [3.63, 3.8) is 0 Å². The van der Waals surface area contributed by atoms with Gasteiger partial charge in [-0.3, -0.25) is 0 Å². The van der Waals surface area contributed by atoms with Crippen LogP contribution in [0.3, 0.4) is 0 Å². The summed E-state index contributed by atoms with van der Waals surface area (Å²) in [6.07, 6.45) is 0. The molecule has 0 amide bonds. The predicted octanol–water partition coefficient (Wildman–Crippen LogP) is 3.58. The molecule has 1 heterocycles. The van der Waals surface area contributed by atoms with Crippen LogP contribution in [-0.4, -0.2) is 24.2 Å². The van der Waals surface area contributed by atoms with Gasteiger partial charge in [0.1, 0.15) is 8.07 Å². The molecule has 0 N–H and O–H groups in total. The lowest BCUT2D eigenvalue weighted by Gasteiger charge is -2.21. The summed E-state index contributed by atoms with van der Waals surface area (Å²) in [6, 6.07) is 14.8. The van der Waals surface area contributed by atoms with Gasteiger partial charge in [0.05, 0.1) is 16.1 Å². The van der Waals surface area contributed by atoms with Gasteiger partial charge in [-0.25, -0.2) is 0 Å². The van der Waals surface area contributed by atoms with E-state index in [4.69, 9.17) is 0 Å². The lowest BCUT2D eigenvalue weighted by atomic mass is 10.1. The molecule has 3 heteroatoms. The highest BCUT2D eigenvalue weighted by atomic mass is 28.3. The molecule has 0 aliphatic carbocycles. The minimum Gasteiger partial charge on any atom is -0.0656 e. The third-order valence-electron chi connectivity index (χ3n) is 5.41. The molecular weight excluding hydrogens is 324 g/mol. The first-order valence-corrected chi connectivity index (χ1v) is 18.7. The van der Waals surface area contributed by atoms with E-state index >= 15 is 0 Å². The van der Waals surface area contributed by atoms with Crippen molar-refractivity contribution in [2.45, 2.75) is 52.4 Å². The Bertz CT molecular complexity index is 709. The van der Waals surface area contributed by atoms with E-state index in [-0.39, 0.29) is 0 Å². The second kappa shape index (κ2) is 5.04. The van der Waals surface area contributed by atoms with Gasteiger partial charge in [-0.05, 0) is 21.5 Å². The van der Waals surface area contributed by atoms with E-state index in [9.17, 15) is 0 Å². The molecule has 0 bridgehead atoms. The second-order valence-electron chi connectivity index (χ2n) is 9.65. The highest BCUT2D eigenvalue weighted by Gasteiger charge is 2.38. The van der Waals surface area contributed by atoms with Crippen molar-refractivity contribution >= 4 is 45.0 Å². The molecule has 0 spiro atoms. The first kappa shape index (κ1) is 16.9. The Hall–Kier alpha value is -0.909. The number of hydrogen-bond acceptors (Lipinski definition) is 0. The molecule has 0 nitrogen and oxygen atoms in total. The molecule has 0 aromatic heterocycles. The van der Waals surface area contributed by atoms with Gasteiger partial charge in [0, 0.05) is 0 Å². The number of rotatable bonds is 2. The zero-order chi connectivity index (χ0) is 17.2. The van der Waals surface area contributed by atoms with E-state index in [2.05, 4.69) is 88.8 Å². The maximum Gasteiger partial charge on any atom is 0.113 e. The van der Waals surface area contributed by atoms with Gasteiger partial charge in [0.15, 0.2) is 0 Å². The second-order valence-corrected chi connectivity index (χ2v) is 24.1. The van der Waals surface area contributed by atoms with Crippen LogP contribution in [0.25, 0.3) is 11.1 Å². The van der Waals surface area contributed by atoms with Crippen molar-refractivity contribution < 1.29 is 0 Å². The van der Waals surface area contributed by atoms with Gasteiger partial charge in [-0.15, -0.1) is 0 Å². The van der Waals surface area contributed by atoms with Crippen molar-refractivity contribution in [1.29, 1.82) is 0 Å². The standard InChI is InChI=1S/C20H30Si3/c1-21(2,3)15-9-11-19-17(13-15)18-14-16(22(4,5)6)10-12-20(18)23(19,7)8/h9-14H,1-8H3. The zero-order valence-electron chi connectivity index (χ0n) is 16.0. The fourth-order valence-electron chi connectivity index (χ4n) is 3.70. The monoisotopic (exact) mass is 354 g/mol. The number of benzene rings is 2. The van der Waals surface area contributed by atoms with Crippen LogP contribution in [0.5, 0.6) is 0 Å². The average molecular weight is 355 g/mol. The molecule has 0 saturated carbocycles. The molecule has 0 unspecified atom stereocenters. The molecule has 3 rings (SSSR count). The van der Waals surface area contributed by atoms with Crippen LogP contribution < -0.4 is 20.7 Å². The van der Waals surface area contributed by atoms with Gasteiger partial charge in [-0.1, -0.05) is 99.1 Å². The Morgan fingerprint density at radius 1 is 0.609 bits per heavy atom. The smallest absolute Gasteiger partial charge is 0.0656 e. The maximum absolute atomic E-state index is 2.54. The van der Waals surface area contributed by atoms with E-state index in [1.54, 1.807) is 31.9 Å². The van der Waals surface area contributed by atoms with Crippen molar-refractivity contribution in [2.24, 2.45) is 0 Å².